The summed E-state index contributed by atoms with van der Waals surface area (Å²) < 4.78 is 51.2. The van der Waals surface area contributed by atoms with Crippen LogP contribution in [0.1, 0.15) is 35.7 Å². The Hall–Kier alpha value is -2.20. The fourth-order valence-electron chi connectivity index (χ4n) is 4.04. The van der Waals surface area contributed by atoms with Crippen LogP contribution in [0.15, 0.2) is 10.6 Å². The van der Waals surface area contributed by atoms with E-state index in [-0.39, 0.29) is 28.6 Å². The molecule has 0 aromatic carbocycles. The molecular formula is C19H23F3N4O3. The number of likely N-dealkylation sites (tertiary alicyclic amines) is 1. The van der Waals surface area contributed by atoms with Crippen molar-refractivity contribution >= 4 is 17.0 Å². The monoisotopic (exact) mass is 412 g/mol. The van der Waals surface area contributed by atoms with Crippen LogP contribution in [0.5, 0.6) is 0 Å². The van der Waals surface area contributed by atoms with E-state index in [1.54, 1.807) is 4.90 Å². The lowest BCUT2D eigenvalue weighted by Crippen LogP contribution is -2.47. The molecule has 0 bridgehead atoms. The number of fused-ring (bicyclic) bond motifs is 1. The number of rotatable bonds is 3. The Balaban J connectivity index is 1.55. The van der Waals surface area contributed by atoms with Crippen LogP contribution in [-0.4, -0.2) is 71.8 Å². The van der Waals surface area contributed by atoms with E-state index in [0.717, 1.165) is 12.5 Å². The molecule has 0 saturated carbocycles. The van der Waals surface area contributed by atoms with Crippen LogP contribution in [0.3, 0.4) is 0 Å². The molecule has 0 aliphatic carbocycles. The third kappa shape index (κ3) is 4.23. The first-order valence-electron chi connectivity index (χ1n) is 9.75. The largest absolute Gasteiger partial charge is 0.417 e. The van der Waals surface area contributed by atoms with E-state index < -0.39 is 11.7 Å². The molecule has 29 heavy (non-hydrogen) atoms. The van der Waals surface area contributed by atoms with Crippen molar-refractivity contribution in [3.05, 3.63) is 23.0 Å². The summed E-state index contributed by atoms with van der Waals surface area (Å²) in [6.07, 6.45) is -3.15. The summed E-state index contributed by atoms with van der Waals surface area (Å²) in [6.45, 7) is 5.36. The van der Waals surface area contributed by atoms with Crippen molar-refractivity contribution in [2.75, 3.05) is 45.9 Å². The van der Waals surface area contributed by atoms with Gasteiger partial charge in [0.2, 0.25) is 5.91 Å². The maximum atomic E-state index is 13.6. The summed E-state index contributed by atoms with van der Waals surface area (Å²) in [5.74, 6) is -0.280. The quantitative estimate of drug-likeness (QED) is 0.772. The summed E-state index contributed by atoms with van der Waals surface area (Å²) in [5, 5.41) is 3.55. The topological polar surface area (TPSA) is 71.7 Å². The standard InChI is InChI=1S/C19H23F3N4O3/c1-12-17-14(19(20,21)22)9-15(23-18(17)29-24-12)13-3-2-4-26(10-13)16(27)11-25-5-7-28-8-6-25/h9,13H,2-8,10-11H2,1H3/t13-/m1/s1. The fourth-order valence-corrected chi connectivity index (χ4v) is 4.04. The van der Waals surface area contributed by atoms with Gasteiger partial charge in [-0.15, -0.1) is 0 Å². The van der Waals surface area contributed by atoms with Crippen molar-refractivity contribution < 1.29 is 27.2 Å². The number of piperidine rings is 1. The third-order valence-electron chi connectivity index (χ3n) is 5.60. The lowest BCUT2D eigenvalue weighted by Gasteiger charge is -2.35. The number of aromatic nitrogens is 2. The number of hydrogen-bond acceptors (Lipinski definition) is 6. The molecule has 1 atom stereocenters. The number of aryl methyl sites for hydroxylation is 1. The van der Waals surface area contributed by atoms with Gasteiger partial charge in [0.1, 0.15) is 0 Å². The molecule has 158 valence electrons. The van der Waals surface area contributed by atoms with Crippen LogP contribution >= 0.6 is 0 Å². The summed E-state index contributed by atoms with van der Waals surface area (Å²) in [7, 11) is 0. The number of nitrogens with zero attached hydrogens (tertiary/aromatic N) is 4. The molecule has 0 radical (unpaired) electrons. The predicted molar refractivity (Wildman–Crippen MR) is 97.4 cm³/mol. The highest BCUT2D eigenvalue weighted by molar-refractivity contribution is 5.81. The highest BCUT2D eigenvalue weighted by Gasteiger charge is 2.37. The summed E-state index contributed by atoms with van der Waals surface area (Å²) in [5.41, 5.74) is -0.431. The van der Waals surface area contributed by atoms with Crippen LogP contribution in [0.25, 0.3) is 11.1 Å². The number of halogens is 3. The van der Waals surface area contributed by atoms with Gasteiger partial charge in [0.25, 0.3) is 5.71 Å². The van der Waals surface area contributed by atoms with Gasteiger partial charge in [-0.25, -0.2) is 4.98 Å². The van der Waals surface area contributed by atoms with Crippen LogP contribution in [-0.2, 0) is 15.7 Å². The zero-order chi connectivity index (χ0) is 20.6. The smallest absolute Gasteiger partial charge is 0.379 e. The first-order valence-corrected chi connectivity index (χ1v) is 9.75. The molecular weight excluding hydrogens is 389 g/mol. The minimum atomic E-state index is -4.53. The number of amides is 1. The molecule has 7 nitrogen and oxygen atoms in total. The van der Waals surface area contributed by atoms with E-state index in [1.165, 1.54) is 6.92 Å². The molecule has 2 fully saturated rings. The minimum absolute atomic E-state index is 0.00997. The number of ether oxygens (including phenoxy) is 1. The Morgan fingerprint density at radius 1 is 1.28 bits per heavy atom. The second-order valence-electron chi connectivity index (χ2n) is 7.61. The van der Waals surface area contributed by atoms with Gasteiger partial charge >= 0.3 is 6.18 Å². The molecule has 2 aromatic heterocycles. The van der Waals surface area contributed by atoms with Gasteiger partial charge in [-0.3, -0.25) is 9.69 Å². The second kappa shape index (κ2) is 7.91. The van der Waals surface area contributed by atoms with E-state index in [4.69, 9.17) is 9.26 Å². The number of morpholine rings is 1. The zero-order valence-electron chi connectivity index (χ0n) is 16.2. The Morgan fingerprint density at radius 3 is 2.76 bits per heavy atom. The van der Waals surface area contributed by atoms with Gasteiger partial charge in [-0.1, -0.05) is 5.16 Å². The Morgan fingerprint density at radius 2 is 2.03 bits per heavy atom. The summed E-state index contributed by atoms with van der Waals surface area (Å²) >= 11 is 0. The molecule has 10 heteroatoms. The van der Waals surface area contributed by atoms with Gasteiger partial charge in [-0.05, 0) is 25.8 Å². The van der Waals surface area contributed by atoms with Crippen molar-refractivity contribution in [1.29, 1.82) is 0 Å². The highest BCUT2D eigenvalue weighted by Crippen LogP contribution is 2.38. The molecule has 0 unspecified atom stereocenters. The summed E-state index contributed by atoms with van der Waals surface area (Å²) in [6, 6.07) is 1.09. The van der Waals surface area contributed by atoms with Crippen LogP contribution in [0.4, 0.5) is 13.2 Å². The maximum absolute atomic E-state index is 13.6. The van der Waals surface area contributed by atoms with Crippen LogP contribution < -0.4 is 0 Å². The molecule has 1 amide bonds. The van der Waals surface area contributed by atoms with E-state index in [1.807, 2.05) is 4.90 Å². The van der Waals surface area contributed by atoms with Crippen LogP contribution in [0, 0.1) is 6.92 Å². The Kier molecular flexibility index (Phi) is 5.48. The number of alkyl halides is 3. The second-order valence-corrected chi connectivity index (χ2v) is 7.61. The van der Waals surface area contributed by atoms with Crippen molar-refractivity contribution in [1.82, 2.24) is 19.9 Å². The van der Waals surface area contributed by atoms with E-state index in [0.29, 0.717) is 58.1 Å². The van der Waals surface area contributed by atoms with Gasteiger partial charge in [0, 0.05) is 32.1 Å². The minimum Gasteiger partial charge on any atom is -0.379 e. The third-order valence-corrected chi connectivity index (χ3v) is 5.60. The number of hydrogen-bond donors (Lipinski definition) is 0. The number of pyridine rings is 1. The molecule has 2 aliphatic heterocycles. The average Bonchev–Trinajstić information content (AvgIpc) is 3.08. The lowest BCUT2D eigenvalue weighted by molar-refractivity contribution is -0.137. The SMILES string of the molecule is Cc1noc2nc([C@@H]3CCCN(C(=O)CN4CCOCC4)C3)cc(C(F)(F)F)c12. The molecule has 0 N–H and O–H groups in total. The first-order chi connectivity index (χ1) is 13.8. The first kappa shape index (κ1) is 20.1. The number of carbonyl (C=O) groups is 1. The number of carbonyl (C=O) groups excluding carboxylic acids is 1. The van der Waals surface area contributed by atoms with Crippen molar-refractivity contribution in [3.63, 3.8) is 0 Å². The Bertz CT molecular complexity index is 893. The average molecular weight is 412 g/mol. The van der Waals surface area contributed by atoms with Crippen LogP contribution in [0.2, 0.25) is 0 Å². The van der Waals surface area contributed by atoms with Crippen molar-refractivity contribution in [2.45, 2.75) is 31.9 Å². The molecule has 4 rings (SSSR count). The van der Waals surface area contributed by atoms with Crippen molar-refractivity contribution in [2.24, 2.45) is 0 Å². The van der Waals surface area contributed by atoms with Crippen molar-refractivity contribution in [3.8, 4) is 0 Å². The molecule has 2 aliphatic rings. The Labute approximate surface area is 165 Å². The zero-order valence-corrected chi connectivity index (χ0v) is 16.2. The normalized spacial score (nSPS) is 21.7. The predicted octanol–water partition coefficient (Wildman–Crippen LogP) is 2.59. The van der Waals surface area contributed by atoms with E-state index in [9.17, 15) is 18.0 Å². The van der Waals surface area contributed by atoms with Gasteiger partial charge in [0.15, 0.2) is 0 Å². The van der Waals surface area contributed by atoms with Gasteiger partial charge < -0.3 is 14.2 Å². The van der Waals surface area contributed by atoms with E-state index in [2.05, 4.69) is 10.1 Å². The highest BCUT2D eigenvalue weighted by atomic mass is 19.4. The molecule has 4 heterocycles. The lowest BCUT2D eigenvalue weighted by atomic mass is 9.92. The van der Waals surface area contributed by atoms with Gasteiger partial charge in [-0.2, -0.15) is 13.2 Å². The summed E-state index contributed by atoms with van der Waals surface area (Å²) in [4.78, 5) is 20.8. The molecule has 2 aromatic rings. The maximum Gasteiger partial charge on any atom is 0.417 e. The van der Waals surface area contributed by atoms with Gasteiger partial charge in [0.05, 0.1) is 42.1 Å². The molecule has 0 spiro atoms. The van der Waals surface area contributed by atoms with E-state index >= 15 is 0 Å². The fraction of sp³-hybridized carbons (Fsp3) is 0.632. The molecule has 2 saturated heterocycles.